The maximum atomic E-state index is 12.6. The predicted octanol–water partition coefficient (Wildman–Crippen LogP) is 3.56. The number of nitrogens with one attached hydrogen (secondary N) is 1. The van der Waals surface area contributed by atoms with Gasteiger partial charge in [-0.3, -0.25) is 4.90 Å². The molecular formula is C17H20ClN5OS. The van der Waals surface area contributed by atoms with Crippen LogP contribution in [0.4, 0.5) is 10.5 Å². The molecule has 2 aromatic rings. The lowest BCUT2D eigenvalue weighted by Gasteiger charge is -2.25. The number of amides is 2. The average molecular weight is 378 g/mol. The zero-order valence-electron chi connectivity index (χ0n) is 14.0. The fourth-order valence-corrected chi connectivity index (χ4v) is 4.64. The highest BCUT2D eigenvalue weighted by atomic mass is 35.5. The molecule has 0 aliphatic carbocycles. The number of aromatic nitrogens is 2. The van der Waals surface area contributed by atoms with Crippen LogP contribution >= 0.6 is 22.9 Å². The smallest absolute Gasteiger partial charge is 0.321 e. The summed E-state index contributed by atoms with van der Waals surface area (Å²) in [6.45, 7) is 1.58. The first-order valence-electron chi connectivity index (χ1n) is 8.46. The van der Waals surface area contributed by atoms with E-state index in [0.29, 0.717) is 27.9 Å². The number of hydrogen-bond acceptors (Lipinski definition) is 5. The monoisotopic (exact) mass is 377 g/mol. The van der Waals surface area contributed by atoms with Gasteiger partial charge in [0.2, 0.25) is 0 Å². The fraction of sp³-hybridized carbons (Fsp3) is 0.471. The maximum Gasteiger partial charge on any atom is 0.321 e. The van der Waals surface area contributed by atoms with Crippen molar-refractivity contribution in [2.45, 2.75) is 31.3 Å². The van der Waals surface area contributed by atoms with Crippen molar-refractivity contribution in [1.29, 1.82) is 0 Å². The van der Waals surface area contributed by atoms with E-state index in [-0.39, 0.29) is 6.03 Å². The van der Waals surface area contributed by atoms with Crippen LogP contribution < -0.4 is 5.32 Å². The molecule has 4 rings (SSSR count). The van der Waals surface area contributed by atoms with Crippen molar-refractivity contribution < 1.29 is 4.79 Å². The Morgan fingerprint density at radius 2 is 2.00 bits per heavy atom. The van der Waals surface area contributed by atoms with Crippen molar-refractivity contribution in [3.8, 4) is 10.7 Å². The van der Waals surface area contributed by atoms with E-state index >= 15 is 0 Å². The molecular weight excluding hydrogens is 358 g/mol. The van der Waals surface area contributed by atoms with E-state index in [1.54, 1.807) is 12.4 Å². The van der Waals surface area contributed by atoms with Crippen molar-refractivity contribution in [1.82, 2.24) is 19.8 Å². The number of fused-ring (bicyclic) bond motifs is 2. The van der Waals surface area contributed by atoms with Crippen LogP contribution in [0.15, 0.2) is 24.5 Å². The summed E-state index contributed by atoms with van der Waals surface area (Å²) < 4.78 is 0.705. The zero-order chi connectivity index (χ0) is 17.4. The third-order valence-electron chi connectivity index (χ3n) is 5.13. The number of nitrogens with zero attached hydrogens (tertiary/aromatic N) is 4. The van der Waals surface area contributed by atoms with Crippen molar-refractivity contribution in [3.63, 3.8) is 0 Å². The normalized spacial score (nSPS) is 23.5. The van der Waals surface area contributed by atoms with Gasteiger partial charge in [-0.1, -0.05) is 11.6 Å². The van der Waals surface area contributed by atoms with E-state index in [4.69, 9.17) is 11.6 Å². The second-order valence-corrected chi connectivity index (χ2v) is 8.33. The molecule has 0 aromatic carbocycles. The number of likely N-dealkylation sites (tertiary alicyclic amines) is 1. The molecule has 2 amide bonds. The first kappa shape index (κ1) is 16.8. The number of hydrogen-bond donors (Lipinski definition) is 1. The van der Waals surface area contributed by atoms with Crippen LogP contribution in [0, 0.1) is 0 Å². The Bertz CT molecular complexity index is 765. The first-order valence-corrected chi connectivity index (χ1v) is 9.65. The van der Waals surface area contributed by atoms with Crippen LogP contribution in [-0.4, -0.2) is 58.0 Å². The van der Waals surface area contributed by atoms with Gasteiger partial charge in [0, 0.05) is 25.2 Å². The molecule has 0 spiro atoms. The molecule has 4 heterocycles. The van der Waals surface area contributed by atoms with Gasteiger partial charge in [0.05, 0.1) is 27.3 Å². The molecule has 25 heavy (non-hydrogen) atoms. The second kappa shape index (κ2) is 6.90. The lowest BCUT2D eigenvalue weighted by molar-refractivity contribution is 0.200. The van der Waals surface area contributed by atoms with E-state index in [1.807, 2.05) is 17.0 Å². The SMILES string of the molecule is CN1C2CCC1CN(C(=O)Nc1cnc(-c3ccc(Cl)s3)nc1)CC2. The highest BCUT2D eigenvalue weighted by Gasteiger charge is 2.35. The molecule has 2 aromatic heterocycles. The number of thiophene rings is 1. The molecule has 2 saturated heterocycles. The maximum absolute atomic E-state index is 12.6. The molecule has 2 fully saturated rings. The second-order valence-electron chi connectivity index (χ2n) is 6.61. The molecule has 0 radical (unpaired) electrons. The molecule has 6 nitrogen and oxygen atoms in total. The fourth-order valence-electron chi connectivity index (χ4n) is 3.65. The topological polar surface area (TPSA) is 61.4 Å². The Labute approximate surface area is 155 Å². The van der Waals surface area contributed by atoms with E-state index < -0.39 is 0 Å². The number of halogens is 1. The van der Waals surface area contributed by atoms with Gasteiger partial charge < -0.3 is 10.2 Å². The van der Waals surface area contributed by atoms with Crippen LogP contribution in [0.25, 0.3) is 10.7 Å². The van der Waals surface area contributed by atoms with Gasteiger partial charge in [-0.2, -0.15) is 0 Å². The van der Waals surface area contributed by atoms with Crippen molar-refractivity contribution in [2.75, 3.05) is 25.5 Å². The lowest BCUT2D eigenvalue weighted by atomic mass is 10.1. The van der Waals surface area contributed by atoms with Crippen LogP contribution in [0.1, 0.15) is 19.3 Å². The van der Waals surface area contributed by atoms with Crippen molar-refractivity contribution in [2.24, 2.45) is 0 Å². The molecule has 2 unspecified atom stereocenters. The highest BCUT2D eigenvalue weighted by Crippen LogP contribution is 2.30. The highest BCUT2D eigenvalue weighted by molar-refractivity contribution is 7.19. The van der Waals surface area contributed by atoms with Crippen LogP contribution in [0.5, 0.6) is 0 Å². The third kappa shape index (κ3) is 3.49. The Hall–Kier alpha value is -1.70. The molecule has 2 bridgehead atoms. The first-order chi connectivity index (χ1) is 12.1. The third-order valence-corrected chi connectivity index (χ3v) is 6.36. The number of carbonyl (C=O) groups is 1. The van der Waals surface area contributed by atoms with E-state index in [1.165, 1.54) is 24.2 Å². The van der Waals surface area contributed by atoms with Crippen LogP contribution in [-0.2, 0) is 0 Å². The van der Waals surface area contributed by atoms with Gasteiger partial charge in [-0.15, -0.1) is 11.3 Å². The van der Waals surface area contributed by atoms with E-state index in [0.717, 1.165) is 24.4 Å². The van der Waals surface area contributed by atoms with E-state index in [9.17, 15) is 4.79 Å². The molecule has 2 atom stereocenters. The Kier molecular flexibility index (Phi) is 4.62. The summed E-state index contributed by atoms with van der Waals surface area (Å²) in [5.74, 6) is 0.614. The summed E-state index contributed by atoms with van der Waals surface area (Å²) in [4.78, 5) is 26.5. The van der Waals surface area contributed by atoms with Gasteiger partial charge in [-0.25, -0.2) is 14.8 Å². The van der Waals surface area contributed by atoms with Crippen molar-refractivity contribution in [3.05, 3.63) is 28.9 Å². The minimum Gasteiger partial charge on any atom is -0.323 e. The minimum absolute atomic E-state index is 0.0727. The molecule has 0 saturated carbocycles. The Balaban J connectivity index is 1.41. The predicted molar refractivity (Wildman–Crippen MR) is 100 cm³/mol. The summed E-state index contributed by atoms with van der Waals surface area (Å²) in [5.41, 5.74) is 0.610. The number of anilines is 1. The summed E-state index contributed by atoms with van der Waals surface area (Å²) in [6.07, 6.45) is 6.74. The minimum atomic E-state index is -0.0727. The summed E-state index contributed by atoms with van der Waals surface area (Å²) in [5, 5.41) is 2.92. The molecule has 2 aliphatic rings. The molecule has 2 aliphatic heterocycles. The quantitative estimate of drug-likeness (QED) is 0.869. The number of likely N-dealkylation sites (N-methyl/N-ethyl adjacent to an activating group) is 1. The number of rotatable bonds is 2. The zero-order valence-corrected chi connectivity index (χ0v) is 15.6. The van der Waals surface area contributed by atoms with Crippen LogP contribution in [0.2, 0.25) is 4.34 Å². The van der Waals surface area contributed by atoms with Gasteiger partial charge >= 0.3 is 6.03 Å². The standard InChI is InChI=1S/C17H20ClN5OS/c1-22-12-2-3-13(22)10-23(7-6-12)17(24)21-11-8-19-16(20-9-11)14-4-5-15(18)25-14/h4-5,8-9,12-13H,2-3,6-7,10H2,1H3,(H,21,24). The number of urea groups is 1. The largest absolute Gasteiger partial charge is 0.323 e. The Morgan fingerprint density at radius 3 is 2.72 bits per heavy atom. The van der Waals surface area contributed by atoms with Crippen LogP contribution in [0.3, 0.4) is 0 Å². The molecule has 8 heteroatoms. The van der Waals surface area contributed by atoms with Gasteiger partial charge in [-0.05, 0) is 38.4 Å². The van der Waals surface area contributed by atoms with Gasteiger partial charge in [0.25, 0.3) is 0 Å². The van der Waals surface area contributed by atoms with Crippen molar-refractivity contribution >= 4 is 34.7 Å². The average Bonchev–Trinajstić information content (AvgIpc) is 3.11. The summed E-state index contributed by atoms with van der Waals surface area (Å²) in [7, 11) is 2.17. The molecule has 1 N–H and O–H groups in total. The van der Waals surface area contributed by atoms with E-state index in [2.05, 4.69) is 27.2 Å². The molecule has 132 valence electrons. The summed E-state index contributed by atoms with van der Waals surface area (Å²) in [6, 6.07) is 4.73. The number of carbonyl (C=O) groups excluding carboxylic acids is 1. The van der Waals surface area contributed by atoms with Gasteiger partial charge in [0.15, 0.2) is 5.82 Å². The van der Waals surface area contributed by atoms with Gasteiger partial charge in [0.1, 0.15) is 0 Å². The lowest BCUT2D eigenvalue weighted by Crippen LogP contribution is -2.41. The summed E-state index contributed by atoms with van der Waals surface area (Å²) >= 11 is 7.38. The Morgan fingerprint density at radius 1 is 1.24 bits per heavy atom.